The molecule has 0 rings (SSSR count). The average Bonchev–Trinajstić information content (AvgIpc) is 1.77. The molecule has 4 heteroatoms. The van der Waals surface area contributed by atoms with Crippen LogP contribution in [0.4, 0.5) is 0 Å². The van der Waals surface area contributed by atoms with Crippen molar-refractivity contribution in [3.8, 4) is 0 Å². The topological polar surface area (TPSA) is 35.5 Å². The van der Waals surface area contributed by atoms with E-state index >= 15 is 0 Å². The van der Waals surface area contributed by atoms with Gasteiger partial charge < -0.3 is 9.05 Å². The number of rotatable bonds is 2. The summed E-state index contributed by atoms with van der Waals surface area (Å²) in [6.45, 7) is 16.3. The highest BCUT2D eigenvalue weighted by Crippen LogP contribution is 2.35. The van der Waals surface area contributed by atoms with E-state index in [0.717, 1.165) is 0 Å². The summed E-state index contributed by atoms with van der Waals surface area (Å²) in [7, 11) is -2.35. The van der Waals surface area contributed by atoms with Crippen molar-refractivity contribution >= 4 is 8.25 Å². The zero-order chi connectivity index (χ0) is 12.7. The second-order valence-electron chi connectivity index (χ2n) is 5.09. The molecule has 15 heavy (non-hydrogen) atoms. The van der Waals surface area contributed by atoms with Crippen molar-refractivity contribution in [3.63, 3.8) is 0 Å². The Hall–Kier alpha value is -0.110. The van der Waals surface area contributed by atoms with Crippen LogP contribution in [0.5, 0.6) is 0 Å². The molecule has 0 aliphatic carbocycles. The van der Waals surface area contributed by atoms with Crippen molar-refractivity contribution in [1.82, 2.24) is 0 Å². The first-order valence-corrected chi connectivity index (χ1v) is 6.23. The lowest BCUT2D eigenvalue weighted by Gasteiger charge is -2.23. The van der Waals surface area contributed by atoms with Crippen LogP contribution < -0.4 is 0 Å². The molecule has 0 aliphatic rings. The van der Waals surface area contributed by atoms with Crippen LogP contribution in [0.15, 0.2) is 12.7 Å². The second-order valence-corrected chi connectivity index (χ2v) is 6.00. The summed E-state index contributed by atoms with van der Waals surface area (Å²) < 4.78 is 21.5. The van der Waals surface area contributed by atoms with E-state index < -0.39 is 19.5 Å². The SMILES string of the molecule is C=CC.CC(C)(C)O[PH](=O)OC(C)(C)C. The summed E-state index contributed by atoms with van der Waals surface area (Å²) in [5.74, 6) is 0. The third-order valence-electron chi connectivity index (χ3n) is 0.779. The van der Waals surface area contributed by atoms with Crippen LogP contribution in [0.3, 0.4) is 0 Å². The standard InChI is InChI=1S/C8H19O3P.C3H6/c1-7(2,3)10-12(9)11-8(4,5)6;1-3-2/h12H,1-6H3;3H,1H2,2H3. The Bertz CT molecular complexity index is 181. The minimum absolute atomic E-state index is 0.401. The van der Waals surface area contributed by atoms with Gasteiger partial charge in [-0.1, -0.05) is 6.08 Å². The summed E-state index contributed by atoms with van der Waals surface area (Å²) in [5, 5.41) is 0. The van der Waals surface area contributed by atoms with E-state index in [1.165, 1.54) is 0 Å². The highest BCUT2D eigenvalue weighted by atomic mass is 31.1. The van der Waals surface area contributed by atoms with E-state index in [9.17, 15) is 4.57 Å². The first kappa shape index (κ1) is 17.3. The van der Waals surface area contributed by atoms with Gasteiger partial charge >= 0.3 is 8.25 Å². The van der Waals surface area contributed by atoms with Crippen molar-refractivity contribution in [1.29, 1.82) is 0 Å². The Morgan fingerprint density at radius 1 is 1.00 bits per heavy atom. The van der Waals surface area contributed by atoms with Gasteiger partial charge in [0.1, 0.15) is 0 Å². The smallest absolute Gasteiger partial charge is 0.305 e. The maximum absolute atomic E-state index is 11.2. The normalized spacial score (nSPS) is 12.0. The molecule has 0 atom stereocenters. The zero-order valence-electron chi connectivity index (χ0n) is 11.0. The molecule has 0 unspecified atom stereocenters. The molecule has 0 N–H and O–H groups in total. The van der Waals surface area contributed by atoms with Crippen LogP contribution in [0.25, 0.3) is 0 Å². The van der Waals surface area contributed by atoms with E-state index in [2.05, 4.69) is 6.58 Å². The first-order chi connectivity index (χ1) is 6.52. The summed E-state index contributed by atoms with van der Waals surface area (Å²) in [6.07, 6.45) is 1.75. The van der Waals surface area contributed by atoms with Crippen LogP contribution in [-0.4, -0.2) is 11.2 Å². The van der Waals surface area contributed by atoms with Gasteiger partial charge in [0.25, 0.3) is 0 Å². The summed E-state index contributed by atoms with van der Waals surface area (Å²) in [5.41, 5.74) is -0.803. The molecular formula is C11H25O3P. The van der Waals surface area contributed by atoms with Crippen molar-refractivity contribution in [2.45, 2.75) is 59.7 Å². The molecule has 0 aromatic rings. The molecule has 0 bridgehead atoms. The van der Waals surface area contributed by atoms with Gasteiger partial charge in [-0.2, -0.15) is 0 Å². The lowest BCUT2D eigenvalue weighted by atomic mass is 10.2. The molecule has 0 saturated heterocycles. The average molecular weight is 236 g/mol. The number of hydrogen-bond donors (Lipinski definition) is 0. The fraction of sp³-hybridized carbons (Fsp3) is 0.818. The van der Waals surface area contributed by atoms with Crippen LogP contribution in [-0.2, 0) is 13.6 Å². The summed E-state index contributed by atoms with van der Waals surface area (Å²) >= 11 is 0. The third-order valence-corrected chi connectivity index (χ3v) is 2.34. The lowest BCUT2D eigenvalue weighted by molar-refractivity contribution is 0.0634. The first-order valence-electron chi connectivity index (χ1n) is 5.01. The Morgan fingerprint density at radius 2 is 1.20 bits per heavy atom. The van der Waals surface area contributed by atoms with Gasteiger partial charge in [-0.05, 0) is 48.5 Å². The maximum atomic E-state index is 11.2. The molecule has 0 fully saturated rings. The molecule has 0 radical (unpaired) electrons. The van der Waals surface area contributed by atoms with E-state index in [0.29, 0.717) is 0 Å². The maximum Gasteiger partial charge on any atom is 0.320 e. The van der Waals surface area contributed by atoms with Gasteiger partial charge in [-0.25, -0.2) is 0 Å². The molecule has 0 saturated carbocycles. The van der Waals surface area contributed by atoms with Crippen molar-refractivity contribution in [2.24, 2.45) is 0 Å². The molecule has 92 valence electrons. The van der Waals surface area contributed by atoms with Gasteiger partial charge in [0, 0.05) is 0 Å². The molecule has 0 amide bonds. The minimum Gasteiger partial charge on any atom is -0.305 e. The predicted octanol–water partition coefficient (Wildman–Crippen LogP) is 4.20. The molecule has 0 aromatic carbocycles. The van der Waals surface area contributed by atoms with Crippen LogP contribution >= 0.6 is 8.25 Å². The zero-order valence-corrected chi connectivity index (χ0v) is 12.0. The second kappa shape index (κ2) is 7.21. The number of allylic oxidation sites excluding steroid dienone is 1. The van der Waals surface area contributed by atoms with Crippen LogP contribution in [0, 0.1) is 0 Å². The fourth-order valence-corrected chi connectivity index (χ4v) is 1.56. The van der Waals surface area contributed by atoms with Crippen molar-refractivity contribution < 1.29 is 13.6 Å². The van der Waals surface area contributed by atoms with E-state index in [1.807, 2.05) is 48.5 Å². The molecule has 0 aliphatic heterocycles. The van der Waals surface area contributed by atoms with Gasteiger partial charge in [0.2, 0.25) is 0 Å². The number of hydrogen-bond acceptors (Lipinski definition) is 3. The van der Waals surface area contributed by atoms with Crippen LogP contribution in [0.1, 0.15) is 48.5 Å². The third kappa shape index (κ3) is 20.1. The van der Waals surface area contributed by atoms with Gasteiger partial charge in [0.05, 0.1) is 11.2 Å². The van der Waals surface area contributed by atoms with Gasteiger partial charge in [-0.15, -0.1) is 6.58 Å². The van der Waals surface area contributed by atoms with Crippen molar-refractivity contribution in [2.75, 3.05) is 0 Å². The highest BCUT2D eigenvalue weighted by Gasteiger charge is 2.20. The quantitative estimate of drug-likeness (QED) is 0.532. The Kier molecular flexibility index (Phi) is 8.31. The molecule has 0 aromatic heterocycles. The van der Waals surface area contributed by atoms with Gasteiger partial charge in [0.15, 0.2) is 0 Å². The monoisotopic (exact) mass is 236 g/mol. The molecular weight excluding hydrogens is 211 g/mol. The predicted molar refractivity (Wildman–Crippen MR) is 66.5 cm³/mol. The Balaban J connectivity index is 0. The molecule has 3 nitrogen and oxygen atoms in total. The summed E-state index contributed by atoms with van der Waals surface area (Å²) in [4.78, 5) is 0. The minimum atomic E-state index is -2.35. The van der Waals surface area contributed by atoms with Crippen molar-refractivity contribution in [3.05, 3.63) is 12.7 Å². The summed E-state index contributed by atoms with van der Waals surface area (Å²) in [6, 6.07) is 0. The lowest BCUT2D eigenvalue weighted by Crippen LogP contribution is -2.19. The van der Waals surface area contributed by atoms with E-state index in [4.69, 9.17) is 9.05 Å². The molecule has 0 heterocycles. The Labute approximate surface area is 94.8 Å². The fourth-order valence-electron chi connectivity index (χ4n) is 0.521. The highest BCUT2D eigenvalue weighted by molar-refractivity contribution is 7.33. The van der Waals surface area contributed by atoms with Gasteiger partial charge in [-0.3, -0.25) is 4.57 Å². The van der Waals surface area contributed by atoms with E-state index in [1.54, 1.807) is 6.08 Å². The largest absolute Gasteiger partial charge is 0.320 e. The van der Waals surface area contributed by atoms with E-state index in [-0.39, 0.29) is 0 Å². The Morgan fingerprint density at radius 3 is 1.33 bits per heavy atom. The van der Waals surface area contributed by atoms with Crippen LogP contribution in [0.2, 0.25) is 0 Å². The molecule has 0 spiro atoms.